The molecule has 0 unspecified atom stereocenters. The summed E-state index contributed by atoms with van der Waals surface area (Å²) in [6.45, 7) is 3.03. The quantitative estimate of drug-likeness (QED) is 0.714. The molecule has 26 heavy (non-hydrogen) atoms. The molecule has 5 nitrogen and oxygen atoms in total. The number of hydrogen-bond donors (Lipinski definition) is 0. The van der Waals surface area contributed by atoms with Crippen molar-refractivity contribution in [3.05, 3.63) is 64.9 Å². The maximum absolute atomic E-state index is 12.3. The van der Waals surface area contributed by atoms with Crippen molar-refractivity contribution < 1.29 is 9.59 Å². The molecule has 1 aromatic carbocycles. The number of rotatable bonds is 8. The second-order valence-corrected chi connectivity index (χ2v) is 6.67. The Labute approximate surface area is 159 Å². The van der Waals surface area contributed by atoms with Crippen LogP contribution in [0.5, 0.6) is 0 Å². The van der Waals surface area contributed by atoms with Gasteiger partial charge in [0.2, 0.25) is 11.8 Å². The zero-order valence-corrected chi connectivity index (χ0v) is 15.9. The number of carbonyl (C=O) groups excluding carboxylic acids is 2. The van der Waals surface area contributed by atoms with Gasteiger partial charge in [-0.15, -0.1) is 0 Å². The summed E-state index contributed by atoms with van der Waals surface area (Å²) in [5.41, 5.74) is 2.14. The number of amides is 2. The number of likely N-dealkylation sites (N-methyl/N-ethyl adjacent to an activating group) is 1. The van der Waals surface area contributed by atoms with Crippen LogP contribution in [0.25, 0.3) is 0 Å². The summed E-state index contributed by atoms with van der Waals surface area (Å²) in [5.74, 6) is -0.0198. The van der Waals surface area contributed by atoms with Crippen LogP contribution in [0.1, 0.15) is 24.5 Å². The minimum absolute atomic E-state index is 0.0291. The van der Waals surface area contributed by atoms with Gasteiger partial charge in [-0.05, 0) is 41.8 Å². The summed E-state index contributed by atoms with van der Waals surface area (Å²) in [5, 5.41) is 0.661. The minimum Gasteiger partial charge on any atom is -0.345 e. The highest BCUT2D eigenvalue weighted by atomic mass is 35.5. The smallest absolute Gasteiger partial charge is 0.224 e. The molecule has 0 saturated carbocycles. The van der Waals surface area contributed by atoms with E-state index in [4.69, 9.17) is 11.6 Å². The third-order valence-corrected chi connectivity index (χ3v) is 4.49. The van der Waals surface area contributed by atoms with Gasteiger partial charge in [-0.2, -0.15) is 0 Å². The van der Waals surface area contributed by atoms with Gasteiger partial charge in [-0.3, -0.25) is 14.6 Å². The third kappa shape index (κ3) is 6.48. The van der Waals surface area contributed by atoms with Crippen LogP contribution in [0.2, 0.25) is 5.02 Å². The normalized spacial score (nSPS) is 10.4. The molecule has 0 atom stereocenters. The molecule has 0 N–H and O–H groups in total. The van der Waals surface area contributed by atoms with Crippen molar-refractivity contribution in [1.29, 1.82) is 0 Å². The van der Waals surface area contributed by atoms with E-state index >= 15 is 0 Å². The Morgan fingerprint density at radius 1 is 1.00 bits per heavy atom. The number of benzene rings is 1. The van der Waals surface area contributed by atoms with E-state index in [-0.39, 0.29) is 11.8 Å². The maximum atomic E-state index is 12.3. The largest absolute Gasteiger partial charge is 0.345 e. The van der Waals surface area contributed by atoms with Gasteiger partial charge >= 0.3 is 0 Å². The summed E-state index contributed by atoms with van der Waals surface area (Å²) in [6, 6.07) is 11.3. The number of halogens is 1. The summed E-state index contributed by atoms with van der Waals surface area (Å²) in [6.07, 6.45) is 4.59. The first-order valence-electron chi connectivity index (χ1n) is 8.58. The van der Waals surface area contributed by atoms with Crippen LogP contribution in [0, 0.1) is 0 Å². The number of aromatic nitrogens is 1. The monoisotopic (exact) mass is 373 g/mol. The molecule has 1 aromatic heterocycles. The highest BCUT2D eigenvalue weighted by Crippen LogP contribution is 2.12. The van der Waals surface area contributed by atoms with Crippen molar-refractivity contribution in [2.45, 2.75) is 26.3 Å². The fraction of sp³-hybridized carbons (Fsp3) is 0.350. The molecule has 2 rings (SSSR count). The molecule has 2 amide bonds. The standard InChI is InChI=1S/C20H24ClN3O2/c1-16(25)24(15-18-3-5-19(21)6-4-18)14-10-20(26)23(2)13-9-17-7-11-22-12-8-17/h3-8,11-12H,9-10,13-15H2,1-2H3. The van der Waals surface area contributed by atoms with Crippen molar-refractivity contribution in [2.75, 3.05) is 20.1 Å². The Hall–Kier alpha value is -2.40. The molecular weight excluding hydrogens is 350 g/mol. The third-order valence-electron chi connectivity index (χ3n) is 4.24. The molecule has 0 bridgehead atoms. The number of carbonyl (C=O) groups is 2. The Morgan fingerprint density at radius 3 is 2.27 bits per heavy atom. The second kappa shape index (κ2) is 9.92. The first-order chi connectivity index (χ1) is 12.5. The van der Waals surface area contributed by atoms with E-state index in [9.17, 15) is 9.59 Å². The average molecular weight is 374 g/mol. The topological polar surface area (TPSA) is 53.5 Å². The van der Waals surface area contributed by atoms with Crippen LogP contribution in [0.15, 0.2) is 48.8 Å². The van der Waals surface area contributed by atoms with Crippen LogP contribution < -0.4 is 0 Å². The second-order valence-electron chi connectivity index (χ2n) is 6.24. The summed E-state index contributed by atoms with van der Waals surface area (Å²) >= 11 is 5.89. The first-order valence-corrected chi connectivity index (χ1v) is 8.96. The summed E-state index contributed by atoms with van der Waals surface area (Å²) in [7, 11) is 1.79. The van der Waals surface area contributed by atoms with E-state index in [1.807, 2.05) is 24.3 Å². The van der Waals surface area contributed by atoms with E-state index in [1.165, 1.54) is 6.92 Å². The predicted octanol–water partition coefficient (Wildman–Crippen LogP) is 3.17. The zero-order valence-electron chi connectivity index (χ0n) is 15.2. The molecule has 138 valence electrons. The van der Waals surface area contributed by atoms with E-state index in [2.05, 4.69) is 4.98 Å². The predicted molar refractivity (Wildman–Crippen MR) is 103 cm³/mol. The van der Waals surface area contributed by atoms with Gasteiger partial charge in [0, 0.05) is 57.4 Å². The molecule has 0 fully saturated rings. The Morgan fingerprint density at radius 2 is 1.65 bits per heavy atom. The average Bonchev–Trinajstić information content (AvgIpc) is 2.65. The lowest BCUT2D eigenvalue weighted by molar-refractivity contribution is -0.133. The summed E-state index contributed by atoms with van der Waals surface area (Å²) < 4.78 is 0. The van der Waals surface area contributed by atoms with Crippen molar-refractivity contribution in [2.24, 2.45) is 0 Å². The molecule has 0 aliphatic rings. The van der Waals surface area contributed by atoms with E-state index in [0.717, 1.165) is 17.5 Å². The van der Waals surface area contributed by atoms with E-state index in [0.29, 0.717) is 31.1 Å². The Kier molecular flexibility index (Phi) is 7.60. The molecular formula is C20H24ClN3O2. The van der Waals surface area contributed by atoms with E-state index in [1.54, 1.807) is 41.4 Å². The fourth-order valence-electron chi connectivity index (χ4n) is 2.55. The van der Waals surface area contributed by atoms with Crippen LogP contribution in [-0.4, -0.2) is 46.7 Å². The van der Waals surface area contributed by atoms with Gasteiger partial charge in [-0.25, -0.2) is 0 Å². The molecule has 0 aliphatic heterocycles. The molecule has 2 aromatic rings. The summed E-state index contributed by atoms with van der Waals surface area (Å²) in [4.78, 5) is 31.6. The van der Waals surface area contributed by atoms with Crippen molar-refractivity contribution >= 4 is 23.4 Å². The number of hydrogen-bond acceptors (Lipinski definition) is 3. The lowest BCUT2D eigenvalue weighted by Gasteiger charge is -2.23. The maximum Gasteiger partial charge on any atom is 0.224 e. The molecule has 0 radical (unpaired) electrons. The van der Waals surface area contributed by atoms with Gasteiger partial charge < -0.3 is 9.80 Å². The highest BCUT2D eigenvalue weighted by Gasteiger charge is 2.14. The van der Waals surface area contributed by atoms with Gasteiger partial charge in [-0.1, -0.05) is 23.7 Å². The van der Waals surface area contributed by atoms with Crippen LogP contribution >= 0.6 is 11.6 Å². The lowest BCUT2D eigenvalue weighted by Crippen LogP contribution is -2.35. The Bertz CT molecular complexity index is 720. The number of nitrogens with zero attached hydrogens (tertiary/aromatic N) is 3. The first kappa shape index (κ1) is 19.9. The van der Waals surface area contributed by atoms with Gasteiger partial charge in [0.1, 0.15) is 0 Å². The minimum atomic E-state index is -0.0489. The van der Waals surface area contributed by atoms with Crippen LogP contribution in [0.3, 0.4) is 0 Å². The number of pyridine rings is 1. The Balaban J connectivity index is 1.82. The van der Waals surface area contributed by atoms with Crippen LogP contribution in [0.4, 0.5) is 0 Å². The fourth-order valence-corrected chi connectivity index (χ4v) is 2.68. The van der Waals surface area contributed by atoms with E-state index < -0.39 is 0 Å². The SMILES string of the molecule is CC(=O)N(CCC(=O)N(C)CCc1ccncc1)Cc1ccc(Cl)cc1. The molecule has 6 heteroatoms. The molecule has 1 heterocycles. The molecule has 0 aliphatic carbocycles. The van der Waals surface area contributed by atoms with Crippen molar-refractivity contribution in [1.82, 2.24) is 14.8 Å². The van der Waals surface area contributed by atoms with Gasteiger partial charge in [0.15, 0.2) is 0 Å². The lowest BCUT2D eigenvalue weighted by atomic mass is 10.2. The molecule has 0 saturated heterocycles. The van der Waals surface area contributed by atoms with Gasteiger partial charge in [0.05, 0.1) is 0 Å². The zero-order chi connectivity index (χ0) is 18.9. The van der Waals surface area contributed by atoms with Crippen LogP contribution in [-0.2, 0) is 22.6 Å². The molecule has 0 spiro atoms. The van der Waals surface area contributed by atoms with Gasteiger partial charge in [0.25, 0.3) is 0 Å². The highest BCUT2D eigenvalue weighted by molar-refractivity contribution is 6.30. The van der Waals surface area contributed by atoms with Crippen molar-refractivity contribution in [3.63, 3.8) is 0 Å². The van der Waals surface area contributed by atoms with Crippen molar-refractivity contribution in [3.8, 4) is 0 Å².